The Labute approximate surface area is 197 Å². The maximum absolute atomic E-state index is 9.25. The quantitative estimate of drug-likeness (QED) is 0.282. The van der Waals surface area contributed by atoms with Crippen molar-refractivity contribution in [3.05, 3.63) is 79.0 Å². The molecule has 9 heteroatoms. The largest absolute Gasteiger partial charge is 0.457 e. The van der Waals surface area contributed by atoms with Crippen LogP contribution in [0.25, 0.3) is 11.3 Å². The van der Waals surface area contributed by atoms with Crippen LogP contribution in [0.1, 0.15) is 0 Å². The molecule has 0 unspecified atom stereocenters. The Hall–Kier alpha value is -4.21. The fourth-order valence-corrected chi connectivity index (χ4v) is 3.40. The lowest BCUT2D eigenvalue weighted by atomic mass is 10.1. The van der Waals surface area contributed by atoms with Gasteiger partial charge in [-0.2, -0.15) is 4.98 Å². The van der Waals surface area contributed by atoms with Gasteiger partial charge in [-0.3, -0.25) is 0 Å². The van der Waals surface area contributed by atoms with Gasteiger partial charge in [-0.25, -0.2) is 9.97 Å². The minimum Gasteiger partial charge on any atom is -0.457 e. The Bertz CT molecular complexity index is 1200. The predicted molar refractivity (Wildman–Crippen MR) is 132 cm³/mol. The fourth-order valence-electron chi connectivity index (χ4n) is 3.40. The molecule has 4 rings (SSSR count). The van der Waals surface area contributed by atoms with Crippen LogP contribution in [-0.4, -0.2) is 51.5 Å². The molecule has 0 aliphatic rings. The van der Waals surface area contributed by atoms with Crippen molar-refractivity contribution in [2.75, 3.05) is 42.3 Å². The molecular formula is C25H26N6O3. The molecule has 0 saturated carbocycles. The summed E-state index contributed by atoms with van der Waals surface area (Å²) in [6.07, 6.45) is 1.63. The molecule has 2 aromatic carbocycles. The monoisotopic (exact) mass is 458 g/mol. The average Bonchev–Trinajstić information content (AvgIpc) is 2.85. The molecule has 0 atom stereocenters. The van der Waals surface area contributed by atoms with Crippen LogP contribution in [0.2, 0.25) is 0 Å². The van der Waals surface area contributed by atoms with Gasteiger partial charge in [0.15, 0.2) is 0 Å². The maximum atomic E-state index is 9.25. The van der Waals surface area contributed by atoms with E-state index in [2.05, 4.69) is 20.3 Å². The second-order valence-electron chi connectivity index (χ2n) is 7.40. The van der Waals surface area contributed by atoms with Crippen LogP contribution in [0.3, 0.4) is 0 Å². The lowest BCUT2D eigenvalue weighted by Crippen LogP contribution is -2.30. The Morgan fingerprint density at radius 1 is 0.853 bits per heavy atom. The molecule has 0 fully saturated rings. The second kappa shape index (κ2) is 11.1. The summed E-state index contributed by atoms with van der Waals surface area (Å²) in [7, 11) is 0. The molecule has 9 nitrogen and oxygen atoms in total. The number of nitrogens with zero attached hydrogens (tertiary/aromatic N) is 4. The van der Waals surface area contributed by atoms with Gasteiger partial charge in [0.1, 0.15) is 23.1 Å². The number of aliphatic hydroxyl groups is 2. The molecule has 0 bridgehead atoms. The van der Waals surface area contributed by atoms with Crippen molar-refractivity contribution < 1.29 is 14.9 Å². The van der Waals surface area contributed by atoms with Crippen LogP contribution in [0, 0.1) is 0 Å². The molecule has 0 aliphatic carbocycles. The number of aromatic nitrogens is 3. The molecule has 34 heavy (non-hydrogen) atoms. The van der Waals surface area contributed by atoms with Crippen LogP contribution < -0.4 is 20.7 Å². The van der Waals surface area contributed by atoms with Crippen molar-refractivity contribution in [1.82, 2.24) is 15.0 Å². The second-order valence-corrected chi connectivity index (χ2v) is 7.40. The van der Waals surface area contributed by atoms with Crippen molar-refractivity contribution in [3.8, 4) is 22.8 Å². The van der Waals surface area contributed by atoms with E-state index in [1.165, 1.54) is 0 Å². The summed E-state index contributed by atoms with van der Waals surface area (Å²) in [4.78, 5) is 14.7. The zero-order valence-corrected chi connectivity index (χ0v) is 18.5. The Balaban J connectivity index is 1.45. The summed E-state index contributed by atoms with van der Waals surface area (Å²) < 4.78 is 5.96. The van der Waals surface area contributed by atoms with Gasteiger partial charge in [0, 0.05) is 42.7 Å². The number of aliphatic hydroxyl groups excluding tert-OH is 2. The van der Waals surface area contributed by atoms with Gasteiger partial charge in [0.25, 0.3) is 0 Å². The lowest BCUT2D eigenvalue weighted by Gasteiger charge is -2.22. The number of nitrogens with one attached hydrogen (secondary N) is 1. The van der Waals surface area contributed by atoms with Gasteiger partial charge in [-0.15, -0.1) is 0 Å². The SMILES string of the molecule is Nc1nc(Nc2ccc(Oc3ccnc(N(CCO)CCO)c3)cc2)cc(-c2ccccc2)n1. The topological polar surface area (TPSA) is 130 Å². The summed E-state index contributed by atoms with van der Waals surface area (Å²) in [5.41, 5.74) is 8.42. The van der Waals surface area contributed by atoms with Crippen molar-refractivity contribution in [3.63, 3.8) is 0 Å². The van der Waals surface area contributed by atoms with Crippen LogP contribution in [0.5, 0.6) is 11.5 Å². The van der Waals surface area contributed by atoms with E-state index in [0.717, 1.165) is 16.9 Å². The summed E-state index contributed by atoms with van der Waals surface area (Å²) >= 11 is 0. The highest BCUT2D eigenvalue weighted by atomic mass is 16.5. The minimum absolute atomic E-state index is 0.0357. The van der Waals surface area contributed by atoms with Crippen LogP contribution in [0.4, 0.5) is 23.3 Å². The van der Waals surface area contributed by atoms with Gasteiger partial charge in [-0.1, -0.05) is 30.3 Å². The van der Waals surface area contributed by atoms with E-state index in [9.17, 15) is 10.2 Å². The normalized spacial score (nSPS) is 10.6. The summed E-state index contributed by atoms with van der Waals surface area (Å²) in [6.45, 7) is 0.673. The molecular weight excluding hydrogens is 432 g/mol. The van der Waals surface area contributed by atoms with Crippen LogP contribution in [-0.2, 0) is 0 Å². The van der Waals surface area contributed by atoms with E-state index >= 15 is 0 Å². The molecule has 174 valence electrons. The number of benzene rings is 2. The van der Waals surface area contributed by atoms with Gasteiger partial charge in [0.2, 0.25) is 5.95 Å². The molecule has 2 heterocycles. The fraction of sp³-hybridized carbons (Fsp3) is 0.160. The van der Waals surface area contributed by atoms with E-state index in [4.69, 9.17) is 10.5 Å². The van der Waals surface area contributed by atoms with Crippen molar-refractivity contribution in [1.29, 1.82) is 0 Å². The summed E-state index contributed by atoms with van der Waals surface area (Å²) in [5.74, 6) is 2.64. The molecule has 5 N–H and O–H groups in total. The number of hydrogen-bond acceptors (Lipinski definition) is 9. The molecule has 4 aromatic rings. The maximum Gasteiger partial charge on any atom is 0.222 e. The van der Waals surface area contributed by atoms with E-state index in [0.29, 0.717) is 36.2 Å². The predicted octanol–water partition coefficient (Wildman–Crippen LogP) is 3.45. The third kappa shape index (κ3) is 5.97. The number of pyridine rings is 1. The number of nitrogen functional groups attached to an aromatic ring is 1. The minimum atomic E-state index is -0.0357. The lowest BCUT2D eigenvalue weighted by molar-refractivity contribution is 0.280. The molecule has 0 saturated heterocycles. The number of nitrogens with two attached hydrogens (primary N) is 1. The van der Waals surface area contributed by atoms with E-state index in [1.807, 2.05) is 60.7 Å². The van der Waals surface area contributed by atoms with Crippen LogP contribution >= 0.6 is 0 Å². The van der Waals surface area contributed by atoms with Gasteiger partial charge < -0.3 is 30.9 Å². The number of anilines is 4. The molecule has 0 spiro atoms. The first-order valence-electron chi connectivity index (χ1n) is 10.8. The van der Waals surface area contributed by atoms with Gasteiger partial charge in [0.05, 0.1) is 18.9 Å². The highest BCUT2D eigenvalue weighted by Gasteiger charge is 2.09. The van der Waals surface area contributed by atoms with E-state index in [-0.39, 0.29) is 19.2 Å². The molecule has 2 aromatic heterocycles. The van der Waals surface area contributed by atoms with Crippen molar-refractivity contribution in [2.45, 2.75) is 0 Å². The Morgan fingerprint density at radius 2 is 1.59 bits per heavy atom. The number of rotatable bonds is 10. The molecule has 0 aliphatic heterocycles. The van der Waals surface area contributed by atoms with Crippen molar-refractivity contribution in [2.24, 2.45) is 0 Å². The van der Waals surface area contributed by atoms with E-state index in [1.54, 1.807) is 23.2 Å². The zero-order chi connectivity index (χ0) is 23.8. The number of ether oxygens (including phenoxy) is 1. The Kier molecular flexibility index (Phi) is 7.49. The Morgan fingerprint density at radius 3 is 2.29 bits per heavy atom. The number of hydrogen-bond donors (Lipinski definition) is 4. The third-order valence-electron chi connectivity index (χ3n) is 4.96. The first kappa shape index (κ1) is 23.0. The average molecular weight is 459 g/mol. The van der Waals surface area contributed by atoms with Gasteiger partial charge in [-0.05, 0) is 30.3 Å². The van der Waals surface area contributed by atoms with Gasteiger partial charge >= 0.3 is 0 Å². The summed E-state index contributed by atoms with van der Waals surface area (Å²) in [5, 5.41) is 21.7. The van der Waals surface area contributed by atoms with Crippen molar-refractivity contribution >= 4 is 23.3 Å². The smallest absolute Gasteiger partial charge is 0.222 e. The first-order valence-corrected chi connectivity index (χ1v) is 10.8. The van der Waals surface area contributed by atoms with Crippen LogP contribution in [0.15, 0.2) is 79.0 Å². The third-order valence-corrected chi connectivity index (χ3v) is 4.96. The molecule has 0 radical (unpaired) electrons. The standard InChI is InChI=1S/C25H26N6O3/c26-25-29-22(18-4-2-1-3-5-18)17-23(30-25)28-19-6-8-20(9-7-19)34-21-10-11-27-24(16-21)31(12-14-32)13-15-33/h1-11,16-17,32-33H,12-15H2,(H3,26,28,29,30). The first-order chi connectivity index (χ1) is 16.6. The summed E-state index contributed by atoms with van der Waals surface area (Å²) in [6, 6.07) is 22.6. The van der Waals surface area contributed by atoms with E-state index < -0.39 is 0 Å². The molecule has 0 amide bonds. The highest BCUT2D eigenvalue weighted by molar-refractivity contribution is 5.67. The highest BCUT2D eigenvalue weighted by Crippen LogP contribution is 2.27. The zero-order valence-electron chi connectivity index (χ0n) is 18.5.